The summed E-state index contributed by atoms with van der Waals surface area (Å²) in [6.45, 7) is 4.25. The molecule has 35 heavy (non-hydrogen) atoms. The van der Waals surface area contributed by atoms with Crippen LogP contribution in [0.4, 0.5) is 0 Å². The predicted molar refractivity (Wildman–Crippen MR) is 132 cm³/mol. The Morgan fingerprint density at radius 1 is 1.17 bits per heavy atom. The number of fused-ring (bicyclic) bond motifs is 1. The van der Waals surface area contributed by atoms with E-state index in [1.807, 2.05) is 29.3 Å². The molecule has 1 aromatic heterocycles. The third kappa shape index (κ3) is 3.71. The van der Waals surface area contributed by atoms with Crippen LogP contribution in [0.5, 0.6) is 0 Å². The molecule has 180 valence electrons. The monoisotopic (exact) mass is 472 g/mol. The molecule has 2 amide bonds. The number of aromatic amines is 1. The highest BCUT2D eigenvalue weighted by atomic mass is 16.3. The Bertz CT molecular complexity index is 1320. The lowest BCUT2D eigenvalue weighted by Crippen LogP contribution is -2.63. The number of aliphatic hydroxyl groups is 1. The molecule has 2 fully saturated rings. The molecule has 0 aliphatic carbocycles. The molecule has 9 heteroatoms. The number of hydrogen-bond donors (Lipinski definition) is 3. The van der Waals surface area contributed by atoms with Crippen LogP contribution in [0.1, 0.15) is 18.9 Å². The van der Waals surface area contributed by atoms with Crippen LogP contribution in [-0.4, -0.2) is 87.1 Å². The van der Waals surface area contributed by atoms with Crippen molar-refractivity contribution >= 4 is 28.6 Å². The van der Waals surface area contributed by atoms with Gasteiger partial charge >= 0.3 is 0 Å². The maximum absolute atomic E-state index is 13.4. The van der Waals surface area contributed by atoms with Crippen LogP contribution < -0.4 is 5.32 Å². The molecule has 3 aliphatic rings. The van der Waals surface area contributed by atoms with E-state index in [9.17, 15) is 14.7 Å². The van der Waals surface area contributed by atoms with Gasteiger partial charge in [0.2, 0.25) is 0 Å². The Balaban J connectivity index is 1.24. The van der Waals surface area contributed by atoms with Gasteiger partial charge in [-0.25, -0.2) is 4.99 Å². The summed E-state index contributed by atoms with van der Waals surface area (Å²) in [5, 5.41) is 21.0. The zero-order chi connectivity index (χ0) is 24.2. The topological polar surface area (TPSA) is 114 Å². The number of nitrogens with zero attached hydrogens (tertiary/aromatic N) is 4. The predicted octanol–water partition coefficient (Wildman–Crippen LogP) is 1.39. The Morgan fingerprint density at radius 3 is 2.63 bits per heavy atom. The molecule has 2 aromatic carbocycles. The quantitative estimate of drug-likeness (QED) is 0.519. The zero-order valence-electron chi connectivity index (χ0n) is 19.6. The van der Waals surface area contributed by atoms with Crippen LogP contribution in [0.2, 0.25) is 0 Å². The molecule has 9 nitrogen and oxygen atoms in total. The van der Waals surface area contributed by atoms with Crippen molar-refractivity contribution in [2.24, 2.45) is 10.9 Å². The minimum Gasteiger partial charge on any atom is -0.384 e. The molecule has 6 rings (SSSR count). The first-order valence-corrected chi connectivity index (χ1v) is 12.1. The summed E-state index contributed by atoms with van der Waals surface area (Å²) in [6, 6.07) is 14.4. The number of aromatic nitrogens is 2. The number of amides is 2. The van der Waals surface area contributed by atoms with Crippen molar-refractivity contribution in [2.75, 3.05) is 32.7 Å². The zero-order valence-corrected chi connectivity index (χ0v) is 19.6. The number of likely N-dealkylation sites (tertiary alicyclic amines) is 1. The minimum absolute atomic E-state index is 0.0287. The van der Waals surface area contributed by atoms with Crippen molar-refractivity contribution in [3.8, 4) is 11.1 Å². The standard InChI is InChI=1S/C26H28N6O3/c1-16(33)24(34)31-9-8-17(12-31)13-32-23(29-26(25(32)35)14-27-15-26)19-4-2-18(3-5-19)20-6-7-22-21(10-20)11-28-30-22/h2-7,10-11,16-17,27,33H,8-9,12-15H2,1H3,(H,28,30)/t16?,17-/m1/s1. The van der Waals surface area contributed by atoms with Crippen molar-refractivity contribution in [1.82, 2.24) is 25.3 Å². The summed E-state index contributed by atoms with van der Waals surface area (Å²) in [4.78, 5) is 34.1. The van der Waals surface area contributed by atoms with E-state index in [2.05, 4.69) is 39.8 Å². The second kappa shape index (κ2) is 8.28. The van der Waals surface area contributed by atoms with Crippen molar-refractivity contribution in [3.05, 3.63) is 54.2 Å². The van der Waals surface area contributed by atoms with Gasteiger partial charge in [0.05, 0.1) is 11.7 Å². The molecule has 0 radical (unpaired) electrons. The molecule has 4 heterocycles. The molecule has 1 spiro atoms. The molecular formula is C26H28N6O3. The van der Waals surface area contributed by atoms with E-state index in [1.165, 1.54) is 6.92 Å². The van der Waals surface area contributed by atoms with Crippen LogP contribution in [0, 0.1) is 5.92 Å². The van der Waals surface area contributed by atoms with Gasteiger partial charge in [0.15, 0.2) is 5.54 Å². The lowest BCUT2D eigenvalue weighted by Gasteiger charge is -2.35. The Hall–Kier alpha value is -3.56. The van der Waals surface area contributed by atoms with E-state index < -0.39 is 11.6 Å². The first kappa shape index (κ1) is 21.9. The number of amidine groups is 1. The van der Waals surface area contributed by atoms with E-state index >= 15 is 0 Å². The molecule has 2 atom stereocenters. The Kier molecular flexibility index (Phi) is 5.19. The average Bonchev–Trinajstić information content (AvgIpc) is 3.56. The largest absolute Gasteiger partial charge is 0.384 e. The molecule has 3 aromatic rings. The van der Waals surface area contributed by atoms with E-state index in [0.717, 1.165) is 34.0 Å². The number of carbonyl (C=O) groups is 2. The minimum atomic E-state index is -1.00. The number of rotatable bonds is 5. The lowest BCUT2D eigenvalue weighted by atomic mass is 9.92. The normalized spacial score (nSPS) is 22.1. The molecular weight excluding hydrogens is 444 g/mol. The first-order chi connectivity index (χ1) is 16.9. The molecule has 2 saturated heterocycles. The van der Waals surface area contributed by atoms with E-state index in [-0.39, 0.29) is 17.7 Å². The molecule has 0 bridgehead atoms. The fourth-order valence-electron chi connectivity index (χ4n) is 5.28. The van der Waals surface area contributed by atoms with Gasteiger partial charge in [-0.15, -0.1) is 0 Å². The summed E-state index contributed by atoms with van der Waals surface area (Å²) in [5.41, 5.74) is 3.37. The maximum atomic E-state index is 13.4. The third-order valence-electron chi connectivity index (χ3n) is 7.37. The smallest absolute Gasteiger partial charge is 0.258 e. The van der Waals surface area contributed by atoms with Crippen molar-refractivity contribution in [3.63, 3.8) is 0 Å². The van der Waals surface area contributed by atoms with Crippen molar-refractivity contribution in [1.29, 1.82) is 0 Å². The number of carbonyl (C=O) groups excluding carboxylic acids is 2. The van der Waals surface area contributed by atoms with E-state index in [0.29, 0.717) is 38.6 Å². The Labute approximate surface area is 202 Å². The van der Waals surface area contributed by atoms with Crippen molar-refractivity contribution in [2.45, 2.75) is 25.0 Å². The molecule has 1 unspecified atom stereocenters. The highest BCUT2D eigenvalue weighted by molar-refractivity contribution is 6.16. The van der Waals surface area contributed by atoms with E-state index in [4.69, 9.17) is 4.99 Å². The van der Waals surface area contributed by atoms with Crippen LogP contribution >= 0.6 is 0 Å². The number of aliphatic hydroxyl groups excluding tert-OH is 1. The Morgan fingerprint density at radius 2 is 1.91 bits per heavy atom. The number of benzene rings is 2. The SMILES string of the molecule is CC(O)C(=O)N1CC[C@@H](CN2C(=O)C3(CNC3)N=C2c2ccc(-c3ccc4[nH]ncc4c3)cc2)C1. The number of H-pyrrole nitrogens is 1. The number of hydrogen-bond acceptors (Lipinski definition) is 6. The highest BCUT2D eigenvalue weighted by Crippen LogP contribution is 2.32. The summed E-state index contributed by atoms with van der Waals surface area (Å²) in [6.07, 6.45) is 1.61. The summed E-state index contributed by atoms with van der Waals surface area (Å²) >= 11 is 0. The van der Waals surface area contributed by atoms with Gasteiger partial charge in [0, 0.05) is 43.7 Å². The van der Waals surface area contributed by atoms with Gasteiger partial charge in [-0.3, -0.25) is 19.6 Å². The number of aliphatic imine (C=N–C) groups is 1. The second-order valence-corrected chi connectivity index (χ2v) is 9.85. The summed E-state index contributed by atoms with van der Waals surface area (Å²) < 4.78 is 0. The van der Waals surface area contributed by atoms with Gasteiger partial charge in [0.1, 0.15) is 11.9 Å². The van der Waals surface area contributed by atoms with Gasteiger partial charge < -0.3 is 15.3 Å². The van der Waals surface area contributed by atoms with Crippen LogP contribution in [-0.2, 0) is 9.59 Å². The number of nitrogens with one attached hydrogen (secondary N) is 2. The van der Waals surface area contributed by atoms with Crippen LogP contribution in [0.3, 0.4) is 0 Å². The van der Waals surface area contributed by atoms with Gasteiger partial charge in [-0.05, 0) is 42.5 Å². The fourth-order valence-corrected chi connectivity index (χ4v) is 5.28. The van der Waals surface area contributed by atoms with Gasteiger partial charge in [-0.2, -0.15) is 5.10 Å². The van der Waals surface area contributed by atoms with Gasteiger partial charge in [-0.1, -0.05) is 30.3 Å². The molecule has 3 N–H and O–H groups in total. The average molecular weight is 473 g/mol. The fraction of sp³-hybridized carbons (Fsp3) is 0.385. The second-order valence-electron chi connectivity index (χ2n) is 9.85. The lowest BCUT2D eigenvalue weighted by molar-refractivity contribution is -0.138. The summed E-state index contributed by atoms with van der Waals surface area (Å²) in [5.74, 6) is 0.628. The van der Waals surface area contributed by atoms with Gasteiger partial charge in [0.25, 0.3) is 11.8 Å². The van der Waals surface area contributed by atoms with Crippen LogP contribution in [0.25, 0.3) is 22.0 Å². The molecule has 3 aliphatic heterocycles. The summed E-state index contributed by atoms with van der Waals surface area (Å²) in [7, 11) is 0. The highest BCUT2D eigenvalue weighted by Gasteiger charge is 2.53. The first-order valence-electron chi connectivity index (χ1n) is 12.1. The third-order valence-corrected chi connectivity index (χ3v) is 7.37. The van der Waals surface area contributed by atoms with Crippen LogP contribution in [0.15, 0.2) is 53.7 Å². The van der Waals surface area contributed by atoms with Crippen molar-refractivity contribution < 1.29 is 14.7 Å². The molecule has 0 saturated carbocycles. The maximum Gasteiger partial charge on any atom is 0.258 e. The van der Waals surface area contributed by atoms with E-state index in [1.54, 1.807) is 4.90 Å².